The number of hydrogen-bond acceptors (Lipinski definition) is 6. The zero-order valence-corrected chi connectivity index (χ0v) is 17.3. The fraction of sp³-hybridized carbons (Fsp3) is 0.294. The minimum atomic E-state index is -3.76. The van der Waals surface area contributed by atoms with Gasteiger partial charge in [0.1, 0.15) is 10.3 Å². The number of fused-ring (bicyclic) bond motifs is 1. The third-order valence-corrected chi connectivity index (χ3v) is 8.88. The van der Waals surface area contributed by atoms with Crippen LogP contribution in [-0.2, 0) is 14.8 Å². The minimum Gasteiger partial charge on any atom is -0.325 e. The van der Waals surface area contributed by atoms with Crippen molar-refractivity contribution in [1.82, 2.24) is 9.29 Å². The van der Waals surface area contributed by atoms with Crippen LogP contribution in [0.2, 0.25) is 4.34 Å². The second-order valence-electron chi connectivity index (χ2n) is 6.21. The van der Waals surface area contributed by atoms with Crippen LogP contribution in [0.1, 0.15) is 19.3 Å². The first-order valence-corrected chi connectivity index (χ1v) is 11.9. The van der Waals surface area contributed by atoms with Crippen molar-refractivity contribution in [1.29, 1.82) is 0 Å². The van der Waals surface area contributed by atoms with Gasteiger partial charge in [0.15, 0.2) is 0 Å². The number of sulfonamides is 1. The monoisotopic (exact) mass is 441 g/mol. The van der Waals surface area contributed by atoms with Crippen molar-refractivity contribution < 1.29 is 13.2 Å². The number of thiazole rings is 1. The molecule has 1 aliphatic heterocycles. The Morgan fingerprint density at radius 2 is 2.11 bits per heavy atom. The number of anilines is 1. The highest BCUT2D eigenvalue weighted by molar-refractivity contribution is 7.91. The molecular weight excluding hydrogens is 426 g/mol. The van der Waals surface area contributed by atoms with Crippen LogP contribution in [0.5, 0.6) is 0 Å². The highest BCUT2D eigenvalue weighted by Gasteiger charge is 2.38. The molecular formula is C17H16ClN3O3S3. The van der Waals surface area contributed by atoms with Crippen molar-refractivity contribution in [2.24, 2.45) is 0 Å². The highest BCUT2D eigenvalue weighted by atomic mass is 35.5. The normalized spacial score (nSPS) is 18.6. The van der Waals surface area contributed by atoms with Gasteiger partial charge >= 0.3 is 0 Å². The summed E-state index contributed by atoms with van der Waals surface area (Å²) in [6.07, 6.45) is 2.02. The largest absolute Gasteiger partial charge is 0.325 e. The topological polar surface area (TPSA) is 79.4 Å². The van der Waals surface area contributed by atoms with Crippen molar-refractivity contribution in [3.8, 4) is 0 Å². The lowest BCUT2D eigenvalue weighted by molar-refractivity contribution is -0.120. The second-order valence-corrected chi connectivity index (χ2v) is 10.9. The van der Waals surface area contributed by atoms with Crippen LogP contribution < -0.4 is 5.32 Å². The van der Waals surface area contributed by atoms with E-state index in [9.17, 15) is 13.2 Å². The predicted molar refractivity (Wildman–Crippen MR) is 109 cm³/mol. The van der Waals surface area contributed by atoms with Crippen molar-refractivity contribution >= 4 is 66.1 Å². The summed E-state index contributed by atoms with van der Waals surface area (Å²) in [4.78, 5) is 17.1. The van der Waals surface area contributed by atoms with E-state index in [4.69, 9.17) is 11.6 Å². The molecule has 2 aromatic heterocycles. The molecule has 0 radical (unpaired) electrons. The summed E-state index contributed by atoms with van der Waals surface area (Å²) < 4.78 is 28.9. The number of halogens is 1. The van der Waals surface area contributed by atoms with Crippen LogP contribution in [0.15, 0.2) is 40.1 Å². The molecule has 27 heavy (non-hydrogen) atoms. The van der Waals surface area contributed by atoms with Crippen LogP contribution in [-0.4, -0.2) is 36.2 Å². The number of benzene rings is 1. The van der Waals surface area contributed by atoms with Crippen molar-refractivity contribution in [3.63, 3.8) is 0 Å². The van der Waals surface area contributed by atoms with E-state index in [1.54, 1.807) is 23.7 Å². The van der Waals surface area contributed by atoms with Crippen molar-refractivity contribution in [3.05, 3.63) is 40.2 Å². The van der Waals surface area contributed by atoms with E-state index in [2.05, 4.69) is 10.3 Å². The van der Waals surface area contributed by atoms with Gasteiger partial charge in [-0.05, 0) is 43.2 Å². The van der Waals surface area contributed by atoms with E-state index in [-0.39, 0.29) is 10.1 Å². The quantitative estimate of drug-likeness (QED) is 0.658. The van der Waals surface area contributed by atoms with E-state index in [0.717, 1.165) is 34.4 Å². The van der Waals surface area contributed by atoms with Crippen molar-refractivity contribution in [2.45, 2.75) is 29.5 Å². The molecule has 0 unspecified atom stereocenters. The first-order chi connectivity index (χ1) is 12.9. The second kappa shape index (κ2) is 7.48. The molecule has 1 aliphatic rings. The van der Waals surface area contributed by atoms with Gasteiger partial charge in [-0.3, -0.25) is 4.79 Å². The molecule has 142 valence electrons. The molecule has 3 heterocycles. The molecule has 10 heteroatoms. The highest BCUT2D eigenvalue weighted by Crippen LogP contribution is 2.32. The molecule has 1 fully saturated rings. The molecule has 6 nitrogen and oxygen atoms in total. The Kier molecular flexibility index (Phi) is 5.21. The van der Waals surface area contributed by atoms with E-state index in [1.807, 2.05) is 6.07 Å². The molecule has 3 aromatic rings. The Morgan fingerprint density at radius 1 is 1.26 bits per heavy atom. The number of hydrogen-bond donors (Lipinski definition) is 1. The lowest BCUT2D eigenvalue weighted by Crippen LogP contribution is -2.49. The number of carbonyl (C=O) groups is 1. The van der Waals surface area contributed by atoms with Gasteiger partial charge in [0.25, 0.3) is 10.0 Å². The fourth-order valence-corrected chi connectivity index (χ4v) is 7.10. The fourth-order valence-electron chi connectivity index (χ4n) is 3.17. The molecule has 4 rings (SSSR count). The van der Waals surface area contributed by atoms with Crippen LogP contribution in [0.25, 0.3) is 10.2 Å². The third kappa shape index (κ3) is 3.74. The standard InChI is InChI=1S/C17H16ClN3O3S3/c18-15-6-7-16(26-15)27(23,24)21-8-2-1-3-13(21)17(22)20-11-4-5-14-12(9-11)19-10-25-14/h4-7,9-10,13H,1-3,8H2,(H,20,22)/t13-/m1/s1. The Balaban J connectivity index is 1.58. The van der Waals surface area contributed by atoms with Crippen LogP contribution in [0, 0.1) is 0 Å². The molecule has 1 N–H and O–H groups in total. The van der Waals surface area contributed by atoms with E-state index in [1.165, 1.54) is 21.7 Å². The molecule has 1 atom stereocenters. The maximum atomic E-state index is 13.0. The lowest BCUT2D eigenvalue weighted by Gasteiger charge is -2.33. The number of nitrogens with zero attached hydrogens (tertiary/aromatic N) is 2. The van der Waals surface area contributed by atoms with E-state index < -0.39 is 16.1 Å². The number of aromatic nitrogens is 1. The smallest absolute Gasteiger partial charge is 0.253 e. The number of thiophene rings is 1. The van der Waals surface area contributed by atoms with Gasteiger partial charge in [-0.2, -0.15) is 4.31 Å². The summed E-state index contributed by atoms with van der Waals surface area (Å²) >= 11 is 8.43. The van der Waals surface area contributed by atoms with Crippen LogP contribution in [0.3, 0.4) is 0 Å². The molecule has 0 spiro atoms. The van der Waals surface area contributed by atoms with Gasteiger partial charge in [-0.1, -0.05) is 18.0 Å². The maximum Gasteiger partial charge on any atom is 0.253 e. The van der Waals surface area contributed by atoms with Gasteiger partial charge in [0.05, 0.1) is 20.1 Å². The van der Waals surface area contributed by atoms with Gasteiger partial charge in [-0.15, -0.1) is 22.7 Å². The number of nitrogens with one attached hydrogen (secondary N) is 1. The molecule has 1 amide bonds. The molecule has 0 bridgehead atoms. The number of piperidine rings is 1. The Labute approximate surface area is 169 Å². The number of rotatable bonds is 4. The van der Waals surface area contributed by atoms with Gasteiger partial charge in [0.2, 0.25) is 5.91 Å². The van der Waals surface area contributed by atoms with Crippen LogP contribution in [0.4, 0.5) is 5.69 Å². The summed E-state index contributed by atoms with van der Waals surface area (Å²) in [6, 6.07) is 7.80. The molecule has 0 saturated carbocycles. The van der Waals surface area contributed by atoms with Crippen molar-refractivity contribution in [2.75, 3.05) is 11.9 Å². The van der Waals surface area contributed by atoms with Gasteiger partial charge in [0, 0.05) is 12.2 Å². The Morgan fingerprint density at radius 3 is 2.89 bits per heavy atom. The Hall–Kier alpha value is -1.52. The molecule has 1 aromatic carbocycles. The Bertz CT molecular complexity index is 1090. The van der Waals surface area contributed by atoms with Crippen LogP contribution >= 0.6 is 34.3 Å². The first-order valence-electron chi connectivity index (χ1n) is 8.36. The predicted octanol–water partition coefficient (Wildman–Crippen LogP) is 4.19. The zero-order valence-electron chi connectivity index (χ0n) is 14.1. The molecule has 1 saturated heterocycles. The summed E-state index contributed by atoms with van der Waals surface area (Å²) in [7, 11) is -3.76. The summed E-state index contributed by atoms with van der Waals surface area (Å²) in [6.45, 7) is 0.320. The number of carbonyl (C=O) groups excluding carboxylic acids is 1. The van der Waals surface area contributed by atoms with Gasteiger partial charge in [-0.25, -0.2) is 13.4 Å². The molecule has 0 aliphatic carbocycles. The maximum absolute atomic E-state index is 13.0. The first kappa shape index (κ1) is 18.8. The summed E-state index contributed by atoms with van der Waals surface area (Å²) in [5.74, 6) is -0.324. The summed E-state index contributed by atoms with van der Waals surface area (Å²) in [5.41, 5.74) is 3.16. The van der Waals surface area contributed by atoms with Gasteiger partial charge < -0.3 is 5.32 Å². The SMILES string of the molecule is O=C(Nc1ccc2scnc2c1)[C@H]1CCCCN1S(=O)(=O)c1ccc(Cl)s1. The number of amides is 1. The van der Waals surface area contributed by atoms with E-state index >= 15 is 0 Å². The summed E-state index contributed by atoms with van der Waals surface area (Å²) in [5, 5.41) is 2.85. The average molecular weight is 442 g/mol. The average Bonchev–Trinajstić information content (AvgIpc) is 3.30. The lowest BCUT2D eigenvalue weighted by atomic mass is 10.0. The third-order valence-electron chi connectivity index (χ3n) is 4.47. The minimum absolute atomic E-state index is 0.163. The zero-order chi connectivity index (χ0) is 19.0. The van der Waals surface area contributed by atoms with E-state index in [0.29, 0.717) is 23.0 Å².